The van der Waals surface area contributed by atoms with Crippen LogP contribution in [0.25, 0.3) is 0 Å². The van der Waals surface area contributed by atoms with Crippen LogP contribution in [0, 0.1) is 29.6 Å². The van der Waals surface area contributed by atoms with Crippen molar-refractivity contribution in [1.29, 1.82) is 0 Å². The molecule has 0 N–H and O–H groups in total. The first kappa shape index (κ1) is 21.7. The minimum atomic E-state index is 0.753. The van der Waals surface area contributed by atoms with Gasteiger partial charge < -0.3 is 0 Å². The van der Waals surface area contributed by atoms with Crippen LogP contribution in [-0.2, 0) is 0 Å². The molecule has 0 aromatic heterocycles. The maximum Gasteiger partial charge on any atom is -0.0205 e. The lowest BCUT2D eigenvalue weighted by molar-refractivity contribution is 0.213. The molecule has 0 saturated heterocycles. The third-order valence-corrected chi connectivity index (χ3v) is 6.13. The molecule has 0 aromatic rings. The summed E-state index contributed by atoms with van der Waals surface area (Å²) in [6, 6.07) is 0. The van der Waals surface area contributed by atoms with Gasteiger partial charge in [-0.2, -0.15) is 0 Å². The van der Waals surface area contributed by atoms with Crippen LogP contribution in [0.1, 0.15) is 100 Å². The molecule has 0 aliphatic rings. The molecule has 0 amide bonds. The van der Waals surface area contributed by atoms with Crippen molar-refractivity contribution in [3.8, 4) is 0 Å². The molecule has 0 heterocycles. The van der Waals surface area contributed by atoms with Gasteiger partial charge in [0.15, 0.2) is 0 Å². The molecule has 0 aromatic carbocycles. The van der Waals surface area contributed by atoms with E-state index in [1.54, 1.807) is 5.57 Å². The second-order valence-corrected chi connectivity index (χ2v) is 7.86. The average molecular weight is 309 g/mol. The highest BCUT2D eigenvalue weighted by atomic mass is 14.3. The third-order valence-electron chi connectivity index (χ3n) is 6.13. The third kappa shape index (κ3) is 7.84. The highest BCUT2D eigenvalue weighted by Gasteiger charge is 2.24. The Hall–Kier alpha value is -0.260. The van der Waals surface area contributed by atoms with E-state index in [9.17, 15) is 0 Å². The first-order chi connectivity index (χ1) is 10.4. The van der Waals surface area contributed by atoms with Gasteiger partial charge in [-0.3, -0.25) is 0 Å². The zero-order valence-corrected chi connectivity index (χ0v) is 16.9. The maximum absolute atomic E-state index is 2.62. The fourth-order valence-electron chi connectivity index (χ4n) is 3.58. The molecule has 22 heavy (non-hydrogen) atoms. The average Bonchev–Trinajstić information content (AvgIpc) is 2.53. The zero-order chi connectivity index (χ0) is 17.1. The van der Waals surface area contributed by atoms with Crippen molar-refractivity contribution >= 4 is 0 Å². The van der Waals surface area contributed by atoms with Crippen molar-refractivity contribution in [3.63, 3.8) is 0 Å². The molecule has 0 fully saturated rings. The van der Waals surface area contributed by atoms with Crippen molar-refractivity contribution in [2.24, 2.45) is 29.6 Å². The van der Waals surface area contributed by atoms with Gasteiger partial charge in [-0.25, -0.2) is 0 Å². The molecule has 0 bridgehead atoms. The molecule has 5 unspecified atom stereocenters. The van der Waals surface area contributed by atoms with Gasteiger partial charge in [0.05, 0.1) is 0 Å². The second-order valence-electron chi connectivity index (χ2n) is 7.86. The number of allylic oxidation sites excluding steroid dienone is 2. The van der Waals surface area contributed by atoms with E-state index in [0.717, 1.165) is 29.6 Å². The monoisotopic (exact) mass is 308 g/mol. The molecule has 5 atom stereocenters. The van der Waals surface area contributed by atoms with Gasteiger partial charge in [-0.1, -0.05) is 92.2 Å². The van der Waals surface area contributed by atoms with Crippen LogP contribution in [0.3, 0.4) is 0 Å². The lowest BCUT2D eigenvalue weighted by Crippen LogP contribution is -2.23. The van der Waals surface area contributed by atoms with Gasteiger partial charge in [0.1, 0.15) is 0 Å². The van der Waals surface area contributed by atoms with Gasteiger partial charge in [-0.15, -0.1) is 0 Å². The second kappa shape index (κ2) is 12.2. The Labute approximate surface area is 142 Å². The van der Waals surface area contributed by atoms with Crippen molar-refractivity contribution in [2.45, 2.75) is 100 Å². The molecule has 0 radical (unpaired) electrons. The lowest BCUT2D eigenvalue weighted by Gasteiger charge is -2.31. The summed E-state index contributed by atoms with van der Waals surface area (Å²) < 4.78 is 0. The van der Waals surface area contributed by atoms with Crippen LogP contribution in [0.2, 0.25) is 0 Å². The van der Waals surface area contributed by atoms with Gasteiger partial charge in [-0.05, 0) is 49.4 Å². The van der Waals surface area contributed by atoms with Crippen molar-refractivity contribution in [2.75, 3.05) is 0 Å². The molecule has 0 rings (SSSR count). The summed E-state index contributed by atoms with van der Waals surface area (Å²) in [5, 5.41) is 0. The fourth-order valence-corrected chi connectivity index (χ4v) is 3.58. The van der Waals surface area contributed by atoms with Gasteiger partial charge in [0, 0.05) is 0 Å². The highest BCUT2D eigenvalue weighted by Crippen LogP contribution is 2.33. The topological polar surface area (TPSA) is 0 Å². The van der Waals surface area contributed by atoms with E-state index in [4.69, 9.17) is 0 Å². The van der Waals surface area contributed by atoms with E-state index < -0.39 is 0 Å². The smallest absolute Gasteiger partial charge is 0.0205 e. The molecular weight excluding hydrogens is 264 g/mol. The molecule has 0 heteroatoms. The molecule has 132 valence electrons. The van der Waals surface area contributed by atoms with Crippen LogP contribution >= 0.6 is 0 Å². The quantitative estimate of drug-likeness (QED) is 0.321. The molecule has 0 saturated carbocycles. The summed E-state index contributed by atoms with van der Waals surface area (Å²) in [6.45, 7) is 19.2. The van der Waals surface area contributed by atoms with E-state index in [2.05, 4.69) is 61.5 Å². The Kier molecular flexibility index (Phi) is 12.1. The van der Waals surface area contributed by atoms with Crippen LogP contribution in [0.5, 0.6) is 0 Å². The Morgan fingerprint density at radius 3 is 1.86 bits per heavy atom. The minimum Gasteiger partial charge on any atom is -0.0820 e. The maximum atomic E-state index is 2.62. The van der Waals surface area contributed by atoms with E-state index in [0.29, 0.717) is 0 Å². The van der Waals surface area contributed by atoms with Gasteiger partial charge in [0.2, 0.25) is 0 Å². The number of hydrogen-bond donors (Lipinski definition) is 0. The lowest BCUT2D eigenvalue weighted by atomic mass is 9.74. The largest absolute Gasteiger partial charge is 0.0820 e. The summed E-state index contributed by atoms with van der Waals surface area (Å²) in [7, 11) is 0. The van der Waals surface area contributed by atoms with Crippen molar-refractivity contribution in [1.82, 2.24) is 0 Å². The molecule has 0 nitrogen and oxygen atoms in total. The van der Waals surface area contributed by atoms with E-state index in [-0.39, 0.29) is 0 Å². The Morgan fingerprint density at radius 2 is 1.36 bits per heavy atom. The van der Waals surface area contributed by atoms with E-state index in [1.165, 1.54) is 44.9 Å². The number of unbranched alkanes of at least 4 members (excludes halogenated alkanes) is 2. The standard InChI is InChI=1S/C22H44/c1-9-12-14-17(4)19(6)16-22(11-3)21(8)20(7)18(5)15-13-10-2/h16-18,20-22H,9-15H2,1-8H3. The predicted molar refractivity (Wildman–Crippen MR) is 103 cm³/mol. The normalized spacial score (nSPS) is 19.5. The van der Waals surface area contributed by atoms with Crippen LogP contribution in [0.4, 0.5) is 0 Å². The summed E-state index contributed by atoms with van der Waals surface area (Å²) in [6.07, 6.45) is 12.0. The number of rotatable bonds is 12. The molecule has 0 aliphatic carbocycles. The van der Waals surface area contributed by atoms with Gasteiger partial charge in [0.25, 0.3) is 0 Å². The Morgan fingerprint density at radius 1 is 0.818 bits per heavy atom. The predicted octanol–water partition coefficient (Wildman–Crippen LogP) is 7.88. The first-order valence-corrected chi connectivity index (χ1v) is 10.1. The zero-order valence-electron chi connectivity index (χ0n) is 16.9. The number of hydrogen-bond acceptors (Lipinski definition) is 0. The first-order valence-electron chi connectivity index (χ1n) is 10.1. The Bertz CT molecular complexity index is 288. The summed E-state index contributed by atoms with van der Waals surface area (Å²) in [4.78, 5) is 0. The minimum absolute atomic E-state index is 0.753. The van der Waals surface area contributed by atoms with Crippen LogP contribution < -0.4 is 0 Å². The van der Waals surface area contributed by atoms with Crippen molar-refractivity contribution in [3.05, 3.63) is 11.6 Å². The SMILES string of the molecule is CCCCC(C)C(C)=CC(CC)C(C)C(C)C(C)CCCC. The summed E-state index contributed by atoms with van der Waals surface area (Å²) in [5.74, 6) is 3.99. The fraction of sp³-hybridized carbons (Fsp3) is 0.909. The Balaban J connectivity index is 4.71. The summed E-state index contributed by atoms with van der Waals surface area (Å²) >= 11 is 0. The van der Waals surface area contributed by atoms with E-state index >= 15 is 0 Å². The van der Waals surface area contributed by atoms with E-state index in [1.807, 2.05) is 0 Å². The van der Waals surface area contributed by atoms with Crippen LogP contribution in [0.15, 0.2) is 11.6 Å². The highest BCUT2D eigenvalue weighted by molar-refractivity contribution is 5.06. The molecular formula is C22H44. The van der Waals surface area contributed by atoms with Crippen LogP contribution in [-0.4, -0.2) is 0 Å². The van der Waals surface area contributed by atoms with Crippen molar-refractivity contribution < 1.29 is 0 Å². The van der Waals surface area contributed by atoms with Gasteiger partial charge >= 0.3 is 0 Å². The molecule has 0 aliphatic heterocycles. The summed E-state index contributed by atoms with van der Waals surface area (Å²) in [5.41, 5.74) is 1.63. The molecule has 0 spiro atoms.